The molecule has 3 heteroatoms. The van der Waals surface area contributed by atoms with Crippen LogP contribution >= 0.6 is 22.6 Å². The van der Waals surface area contributed by atoms with Crippen LogP contribution in [0.5, 0.6) is 0 Å². The molecule has 2 rings (SSSR count). The third-order valence-electron chi connectivity index (χ3n) is 2.81. The Balaban J connectivity index is 2.13. The first-order valence-electron chi connectivity index (χ1n) is 4.95. The van der Waals surface area contributed by atoms with Gasteiger partial charge in [0.15, 0.2) is 0 Å². The Kier molecular flexibility index (Phi) is 3.09. The van der Waals surface area contributed by atoms with Crippen molar-refractivity contribution in [3.8, 4) is 0 Å². The average molecular weight is 302 g/mol. The zero-order chi connectivity index (χ0) is 10.1. The van der Waals surface area contributed by atoms with Gasteiger partial charge in [-0.1, -0.05) is 12.1 Å². The number of rotatable bonds is 3. The fourth-order valence-electron chi connectivity index (χ4n) is 1.71. The van der Waals surface area contributed by atoms with E-state index in [4.69, 9.17) is 11.5 Å². The minimum absolute atomic E-state index is 0.00258. The lowest BCUT2D eigenvalue weighted by molar-refractivity contribution is 0.494. The first kappa shape index (κ1) is 10.4. The highest BCUT2D eigenvalue weighted by Gasteiger charge is 2.32. The van der Waals surface area contributed by atoms with Crippen LogP contribution in [0.15, 0.2) is 24.3 Å². The second-order valence-electron chi connectivity index (χ2n) is 4.00. The van der Waals surface area contributed by atoms with E-state index in [9.17, 15) is 0 Å². The molecule has 0 heterocycles. The van der Waals surface area contributed by atoms with Crippen LogP contribution in [0.3, 0.4) is 0 Å². The van der Waals surface area contributed by atoms with Crippen molar-refractivity contribution in [2.45, 2.75) is 24.9 Å². The molecule has 1 aromatic carbocycles. The van der Waals surface area contributed by atoms with E-state index in [1.54, 1.807) is 0 Å². The van der Waals surface area contributed by atoms with Gasteiger partial charge < -0.3 is 11.5 Å². The number of benzene rings is 1. The molecule has 0 aliphatic heterocycles. The quantitative estimate of drug-likeness (QED) is 0.839. The molecule has 1 aromatic rings. The molecule has 1 aliphatic carbocycles. The smallest absolute Gasteiger partial charge is 0.0451 e. The summed E-state index contributed by atoms with van der Waals surface area (Å²) in [6, 6.07) is 8.42. The third-order valence-corrected chi connectivity index (χ3v) is 3.49. The van der Waals surface area contributed by atoms with E-state index in [0.717, 1.165) is 5.56 Å². The maximum absolute atomic E-state index is 6.12. The predicted octanol–water partition coefficient (Wildman–Crippen LogP) is 2.03. The molecule has 0 unspecified atom stereocenters. The standard InChI is InChI=1S/C11H15IN2/c12-9-3-1-2-8(6-9)11(14)10(13)7-4-5-7/h1-3,6-7,10-11H,4-5,13-14H2/t10-,11-/m0/s1. The molecule has 0 amide bonds. The summed E-state index contributed by atoms with van der Waals surface area (Å²) in [5.41, 5.74) is 13.4. The molecule has 0 radical (unpaired) electrons. The van der Waals surface area contributed by atoms with Crippen LogP contribution in [-0.4, -0.2) is 6.04 Å². The highest BCUT2D eigenvalue weighted by atomic mass is 127. The molecule has 0 saturated heterocycles. The largest absolute Gasteiger partial charge is 0.326 e. The third kappa shape index (κ3) is 2.27. The number of nitrogens with two attached hydrogens (primary N) is 2. The van der Waals surface area contributed by atoms with Crippen LogP contribution in [0, 0.1) is 9.49 Å². The van der Waals surface area contributed by atoms with Crippen LogP contribution in [0.4, 0.5) is 0 Å². The summed E-state index contributed by atoms with van der Waals surface area (Å²) >= 11 is 2.30. The molecule has 4 N–H and O–H groups in total. The van der Waals surface area contributed by atoms with E-state index in [2.05, 4.69) is 40.8 Å². The van der Waals surface area contributed by atoms with Crippen molar-refractivity contribution in [1.82, 2.24) is 0 Å². The predicted molar refractivity (Wildman–Crippen MR) is 66.8 cm³/mol. The van der Waals surface area contributed by atoms with Gasteiger partial charge in [-0.3, -0.25) is 0 Å². The second-order valence-corrected chi connectivity index (χ2v) is 5.24. The van der Waals surface area contributed by atoms with Crippen molar-refractivity contribution in [3.63, 3.8) is 0 Å². The van der Waals surface area contributed by atoms with Crippen LogP contribution < -0.4 is 11.5 Å². The van der Waals surface area contributed by atoms with Gasteiger partial charge in [-0.25, -0.2) is 0 Å². The van der Waals surface area contributed by atoms with E-state index in [0.29, 0.717) is 5.92 Å². The minimum atomic E-state index is -0.00258. The summed E-state index contributed by atoms with van der Waals surface area (Å²) in [6.45, 7) is 0. The summed E-state index contributed by atoms with van der Waals surface area (Å²) in [5, 5.41) is 0. The zero-order valence-corrected chi connectivity index (χ0v) is 10.1. The van der Waals surface area contributed by atoms with Crippen LogP contribution in [0.1, 0.15) is 24.4 Å². The van der Waals surface area contributed by atoms with E-state index >= 15 is 0 Å². The molecule has 0 aromatic heterocycles. The van der Waals surface area contributed by atoms with Crippen LogP contribution in [-0.2, 0) is 0 Å². The first-order valence-corrected chi connectivity index (χ1v) is 6.03. The van der Waals surface area contributed by atoms with Crippen molar-refractivity contribution in [2.24, 2.45) is 17.4 Å². The molecule has 76 valence electrons. The van der Waals surface area contributed by atoms with Crippen molar-refractivity contribution in [1.29, 1.82) is 0 Å². The van der Waals surface area contributed by atoms with Crippen molar-refractivity contribution < 1.29 is 0 Å². The molecule has 1 saturated carbocycles. The number of hydrogen-bond donors (Lipinski definition) is 2. The SMILES string of the molecule is N[C@@H](c1cccc(I)c1)[C@@H](N)C1CC1. The van der Waals surface area contributed by atoms with Crippen molar-refractivity contribution >= 4 is 22.6 Å². The molecule has 14 heavy (non-hydrogen) atoms. The lowest BCUT2D eigenvalue weighted by Gasteiger charge is -2.19. The second kappa shape index (κ2) is 4.16. The van der Waals surface area contributed by atoms with Gasteiger partial charge in [0.2, 0.25) is 0 Å². The molecule has 0 bridgehead atoms. The van der Waals surface area contributed by atoms with E-state index in [1.165, 1.54) is 16.4 Å². The average Bonchev–Trinajstić information content (AvgIpc) is 2.99. The Morgan fingerprint density at radius 1 is 1.29 bits per heavy atom. The normalized spacial score (nSPS) is 20.5. The van der Waals surface area contributed by atoms with Gasteiger partial charge in [0, 0.05) is 15.7 Å². The fourth-order valence-corrected chi connectivity index (χ4v) is 2.28. The topological polar surface area (TPSA) is 52.0 Å². The van der Waals surface area contributed by atoms with Crippen LogP contribution in [0.2, 0.25) is 0 Å². The highest BCUT2D eigenvalue weighted by Crippen LogP contribution is 2.36. The lowest BCUT2D eigenvalue weighted by atomic mass is 9.98. The van der Waals surface area contributed by atoms with E-state index in [1.807, 2.05) is 6.07 Å². The summed E-state index contributed by atoms with van der Waals surface area (Å²) < 4.78 is 1.22. The Hall–Kier alpha value is -0.130. The van der Waals surface area contributed by atoms with Crippen molar-refractivity contribution in [3.05, 3.63) is 33.4 Å². The molecule has 0 spiro atoms. The summed E-state index contributed by atoms with van der Waals surface area (Å²) in [4.78, 5) is 0. The molecule has 2 atom stereocenters. The van der Waals surface area contributed by atoms with Gasteiger partial charge in [-0.05, 0) is 59.0 Å². The monoisotopic (exact) mass is 302 g/mol. The minimum Gasteiger partial charge on any atom is -0.326 e. The molecule has 1 fully saturated rings. The lowest BCUT2D eigenvalue weighted by Crippen LogP contribution is -2.35. The van der Waals surface area contributed by atoms with E-state index in [-0.39, 0.29) is 12.1 Å². The number of halogens is 1. The fraction of sp³-hybridized carbons (Fsp3) is 0.455. The Morgan fingerprint density at radius 3 is 2.57 bits per heavy atom. The zero-order valence-electron chi connectivity index (χ0n) is 7.99. The van der Waals surface area contributed by atoms with Gasteiger partial charge >= 0.3 is 0 Å². The summed E-state index contributed by atoms with van der Waals surface area (Å²) in [7, 11) is 0. The van der Waals surface area contributed by atoms with Gasteiger partial charge in [0.25, 0.3) is 0 Å². The van der Waals surface area contributed by atoms with Gasteiger partial charge in [-0.15, -0.1) is 0 Å². The molecular weight excluding hydrogens is 287 g/mol. The van der Waals surface area contributed by atoms with Crippen LogP contribution in [0.25, 0.3) is 0 Å². The highest BCUT2D eigenvalue weighted by molar-refractivity contribution is 14.1. The maximum atomic E-state index is 6.12. The maximum Gasteiger partial charge on any atom is 0.0451 e. The van der Waals surface area contributed by atoms with Gasteiger partial charge in [-0.2, -0.15) is 0 Å². The molecule has 2 nitrogen and oxygen atoms in total. The number of hydrogen-bond acceptors (Lipinski definition) is 2. The molecule has 1 aliphatic rings. The van der Waals surface area contributed by atoms with Crippen molar-refractivity contribution in [2.75, 3.05) is 0 Å². The summed E-state index contributed by atoms with van der Waals surface area (Å²) in [6.07, 6.45) is 2.50. The Labute approximate surface area is 98.2 Å². The molecular formula is C11H15IN2. The Bertz CT molecular complexity index is 323. The van der Waals surface area contributed by atoms with Gasteiger partial charge in [0.05, 0.1) is 0 Å². The van der Waals surface area contributed by atoms with Gasteiger partial charge in [0.1, 0.15) is 0 Å². The van der Waals surface area contributed by atoms with E-state index < -0.39 is 0 Å². The Morgan fingerprint density at radius 2 is 2.00 bits per heavy atom. The summed E-state index contributed by atoms with van der Waals surface area (Å²) in [5.74, 6) is 0.655. The first-order chi connectivity index (χ1) is 6.68.